The largest absolute Gasteiger partial charge is 0.469 e. The maximum Gasteiger partial charge on any atom is 0.310 e. The predicted molar refractivity (Wildman–Crippen MR) is 105 cm³/mol. The first-order chi connectivity index (χ1) is 13.0. The Morgan fingerprint density at radius 2 is 1.89 bits per heavy atom. The van der Waals surface area contributed by atoms with E-state index >= 15 is 0 Å². The van der Waals surface area contributed by atoms with E-state index in [4.69, 9.17) is 4.74 Å². The Kier molecular flexibility index (Phi) is 7.99. The third kappa shape index (κ3) is 6.85. The van der Waals surface area contributed by atoms with Crippen molar-refractivity contribution < 1.29 is 14.3 Å². The molecule has 0 aliphatic rings. The van der Waals surface area contributed by atoms with E-state index in [1.54, 1.807) is 24.2 Å². The molecular weight excluding hydrogens is 340 g/mol. The van der Waals surface area contributed by atoms with Crippen molar-refractivity contribution in [1.29, 1.82) is 0 Å². The number of carbonyl (C=O) groups excluding carboxylic acids is 2. The maximum absolute atomic E-state index is 12.8. The Hall–Kier alpha value is -2.69. The second-order valence-electron chi connectivity index (χ2n) is 6.90. The number of aryl methyl sites for hydroxylation is 2. The smallest absolute Gasteiger partial charge is 0.310 e. The van der Waals surface area contributed by atoms with Crippen LogP contribution in [0.2, 0.25) is 0 Å². The summed E-state index contributed by atoms with van der Waals surface area (Å²) < 4.78 is 4.80. The lowest BCUT2D eigenvalue weighted by Gasteiger charge is -2.25. The minimum Gasteiger partial charge on any atom is -0.469 e. The highest BCUT2D eigenvalue weighted by molar-refractivity contribution is 5.78. The Morgan fingerprint density at radius 3 is 2.52 bits per heavy atom. The summed E-state index contributed by atoms with van der Waals surface area (Å²) in [4.78, 5) is 30.4. The number of methoxy groups -OCH3 is 1. The molecule has 0 fully saturated rings. The van der Waals surface area contributed by atoms with Crippen LogP contribution in [0.15, 0.2) is 48.8 Å². The summed E-state index contributed by atoms with van der Waals surface area (Å²) in [6, 6.07) is 12.2. The molecule has 0 radical (unpaired) electrons. The molecule has 0 bridgehead atoms. The van der Waals surface area contributed by atoms with E-state index in [0.29, 0.717) is 19.5 Å². The number of hydrogen-bond acceptors (Lipinski definition) is 4. The monoisotopic (exact) mass is 368 g/mol. The fraction of sp³-hybridized carbons (Fsp3) is 0.409. The number of ether oxygens (including phenoxy) is 1. The van der Waals surface area contributed by atoms with Crippen LogP contribution >= 0.6 is 0 Å². The standard InChI is InChI=1S/C22H28N2O3/c1-17-9-11-19(12-10-17)6-4-8-21(25)24(15-18(2)22(26)27-3)16-20-7-5-13-23-14-20/h5,7,9-14,18H,4,6,8,15-16H2,1-3H3. The number of esters is 1. The van der Waals surface area contributed by atoms with E-state index in [2.05, 4.69) is 36.2 Å². The molecule has 1 aromatic carbocycles. The van der Waals surface area contributed by atoms with E-state index in [1.807, 2.05) is 12.1 Å². The highest BCUT2D eigenvalue weighted by Crippen LogP contribution is 2.13. The number of benzene rings is 1. The predicted octanol–water partition coefficient (Wildman–Crippen LogP) is 3.55. The van der Waals surface area contributed by atoms with Crippen molar-refractivity contribution in [3.63, 3.8) is 0 Å². The molecule has 0 aliphatic carbocycles. The molecule has 144 valence electrons. The summed E-state index contributed by atoms with van der Waals surface area (Å²) in [5.74, 6) is -0.631. The normalized spacial score (nSPS) is 11.7. The van der Waals surface area contributed by atoms with Crippen LogP contribution in [0.3, 0.4) is 0 Å². The summed E-state index contributed by atoms with van der Waals surface area (Å²) in [6.07, 6.45) is 5.53. The first-order valence-corrected chi connectivity index (χ1v) is 9.29. The van der Waals surface area contributed by atoms with Crippen molar-refractivity contribution in [3.05, 3.63) is 65.5 Å². The summed E-state index contributed by atoms with van der Waals surface area (Å²) in [6.45, 7) is 4.62. The van der Waals surface area contributed by atoms with Gasteiger partial charge < -0.3 is 9.64 Å². The van der Waals surface area contributed by atoms with Crippen LogP contribution in [0.5, 0.6) is 0 Å². The number of hydrogen-bond donors (Lipinski definition) is 0. The topological polar surface area (TPSA) is 59.5 Å². The van der Waals surface area contributed by atoms with Crippen LogP contribution in [-0.2, 0) is 27.3 Å². The van der Waals surface area contributed by atoms with E-state index < -0.39 is 0 Å². The van der Waals surface area contributed by atoms with Crippen molar-refractivity contribution in [1.82, 2.24) is 9.88 Å². The van der Waals surface area contributed by atoms with E-state index in [1.165, 1.54) is 18.2 Å². The number of pyridine rings is 1. The number of rotatable bonds is 9. The van der Waals surface area contributed by atoms with Gasteiger partial charge in [0.15, 0.2) is 0 Å². The van der Waals surface area contributed by atoms with Crippen molar-refractivity contribution >= 4 is 11.9 Å². The molecule has 2 rings (SSSR count). The lowest BCUT2D eigenvalue weighted by molar-refractivity contribution is -0.146. The zero-order valence-electron chi connectivity index (χ0n) is 16.4. The van der Waals surface area contributed by atoms with Gasteiger partial charge in [0, 0.05) is 31.9 Å². The van der Waals surface area contributed by atoms with Crippen molar-refractivity contribution in [2.75, 3.05) is 13.7 Å². The minimum absolute atomic E-state index is 0.0433. The van der Waals surface area contributed by atoms with Gasteiger partial charge in [0.25, 0.3) is 0 Å². The molecule has 1 amide bonds. The lowest BCUT2D eigenvalue weighted by atomic mass is 10.1. The molecule has 0 saturated heterocycles. The quantitative estimate of drug-likeness (QED) is 0.635. The first-order valence-electron chi connectivity index (χ1n) is 9.29. The first kappa shape index (κ1) is 20.6. The van der Waals surface area contributed by atoms with Crippen LogP contribution in [0.25, 0.3) is 0 Å². The van der Waals surface area contributed by atoms with E-state index in [0.717, 1.165) is 18.4 Å². The molecule has 1 aromatic heterocycles. The van der Waals surface area contributed by atoms with Gasteiger partial charge in [0.05, 0.1) is 13.0 Å². The van der Waals surface area contributed by atoms with E-state index in [9.17, 15) is 9.59 Å². The third-order valence-corrected chi connectivity index (χ3v) is 4.52. The molecule has 5 nitrogen and oxygen atoms in total. The average molecular weight is 368 g/mol. The molecule has 1 unspecified atom stereocenters. The van der Waals surface area contributed by atoms with Gasteiger partial charge >= 0.3 is 5.97 Å². The van der Waals surface area contributed by atoms with Gasteiger partial charge in [0.2, 0.25) is 5.91 Å². The number of aromatic nitrogens is 1. The Labute approximate surface area is 161 Å². The Morgan fingerprint density at radius 1 is 1.15 bits per heavy atom. The van der Waals surface area contributed by atoms with Gasteiger partial charge in [-0.15, -0.1) is 0 Å². The average Bonchev–Trinajstić information content (AvgIpc) is 2.69. The van der Waals surface area contributed by atoms with Crippen LogP contribution < -0.4 is 0 Å². The van der Waals surface area contributed by atoms with Gasteiger partial charge in [-0.3, -0.25) is 14.6 Å². The van der Waals surface area contributed by atoms with Gasteiger partial charge in [-0.1, -0.05) is 42.8 Å². The summed E-state index contributed by atoms with van der Waals surface area (Å²) in [5.41, 5.74) is 3.41. The lowest BCUT2D eigenvalue weighted by Crippen LogP contribution is -2.36. The second kappa shape index (κ2) is 10.5. The Balaban J connectivity index is 1.96. The molecule has 1 heterocycles. The summed E-state index contributed by atoms with van der Waals surface area (Å²) in [5, 5.41) is 0. The minimum atomic E-state index is -0.368. The van der Waals surface area contributed by atoms with Gasteiger partial charge in [0.1, 0.15) is 0 Å². The van der Waals surface area contributed by atoms with Crippen LogP contribution in [0.4, 0.5) is 0 Å². The summed E-state index contributed by atoms with van der Waals surface area (Å²) in [7, 11) is 1.37. The maximum atomic E-state index is 12.8. The number of carbonyl (C=O) groups is 2. The van der Waals surface area contributed by atoms with Gasteiger partial charge in [-0.05, 0) is 37.0 Å². The fourth-order valence-electron chi connectivity index (χ4n) is 2.93. The molecule has 2 aromatic rings. The van der Waals surface area contributed by atoms with Crippen LogP contribution in [-0.4, -0.2) is 35.4 Å². The summed E-state index contributed by atoms with van der Waals surface area (Å²) >= 11 is 0. The number of nitrogens with zero attached hydrogens (tertiary/aromatic N) is 2. The molecule has 1 atom stereocenters. The van der Waals surface area contributed by atoms with Crippen molar-refractivity contribution in [2.24, 2.45) is 5.92 Å². The zero-order valence-corrected chi connectivity index (χ0v) is 16.4. The Bertz CT molecular complexity index is 729. The fourth-order valence-corrected chi connectivity index (χ4v) is 2.93. The highest BCUT2D eigenvalue weighted by Gasteiger charge is 2.21. The van der Waals surface area contributed by atoms with Crippen LogP contribution in [0.1, 0.15) is 36.5 Å². The number of amides is 1. The van der Waals surface area contributed by atoms with Crippen molar-refractivity contribution in [3.8, 4) is 0 Å². The highest BCUT2D eigenvalue weighted by atomic mass is 16.5. The molecule has 0 aliphatic heterocycles. The van der Waals surface area contributed by atoms with Gasteiger partial charge in [-0.25, -0.2) is 0 Å². The molecule has 5 heteroatoms. The molecule has 0 N–H and O–H groups in total. The second-order valence-corrected chi connectivity index (χ2v) is 6.90. The SMILES string of the molecule is COC(=O)C(C)CN(Cc1cccnc1)C(=O)CCCc1ccc(C)cc1. The van der Waals surface area contributed by atoms with Crippen molar-refractivity contribution in [2.45, 2.75) is 39.7 Å². The zero-order chi connectivity index (χ0) is 19.6. The van der Waals surface area contributed by atoms with E-state index in [-0.39, 0.29) is 17.8 Å². The molecule has 27 heavy (non-hydrogen) atoms. The van der Waals surface area contributed by atoms with Gasteiger partial charge in [-0.2, -0.15) is 0 Å². The molecule has 0 saturated carbocycles. The third-order valence-electron chi connectivity index (χ3n) is 4.52. The van der Waals surface area contributed by atoms with Crippen LogP contribution in [0, 0.1) is 12.8 Å². The molecule has 0 spiro atoms. The molecular formula is C22H28N2O3.